The van der Waals surface area contributed by atoms with Gasteiger partial charge < -0.3 is 4.98 Å². The fraction of sp³-hybridized carbons (Fsp3) is 0.500. The standard InChI is InChI=1S/C8H14N2O2S/c1-8(2,3)10-13(11,12)7-4-5-9-6-7/h4-6,9-10H,1-3H3. The van der Waals surface area contributed by atoms with Crippen LogP contribution in [-0.2, 0) is 10.0 Å². The Labute approximate surface area is 78.4 Å². The van der Waals surface area contributed by atoms with Gasteiger partial charge in [0.1, 0.15) is 0 Å². The lowest BCUT2D eigenvalue weighted by Crippen LogP contribution is -2.40. The van der Waals surface area contributed by atoms with E-state index in [9.17, 15) is 8.42 Å². The van der Waals surface area contributed by atoms with Gasteiger partial charge in [0.2, 0.25) is 10.0 Å². The molecule has 1 aromatic rings. The molecule has 0 bridgehead atoms. The molecule has 1 heterocycles. The van der Waals surface area contributed by atoms with Crippen LogP contribution < -0.4 is 4.72 Å². The van der Waals surface area contributed by atoms with Gasteiger partial charge in [-0.3, -0.25) is 0 Å². The SMILES string of the molecule is CC(C)(C)NS(=O)(=O)c1cc[nH]c1. The fourth-order valence-corrected chi connectivity index (χ4v) is 2.33. The third kappa shape index (κ3) is 2.86. The summed E-state index contributed by atoms with van der Waals surface area (Å²) < 4.78 is 25.7. The van der Waals surface area contributed by atoms with Gasteiger partial charge in [-0.15, -0.1) is 0 Å². The van der Waals surface area contributed by atoms with Gasteiger partial charge in [0.05, 0.1) is 4.90 Å². The second-order valence-corrected chi connectivity index (χ2v) is 5.58. The number of sulfonamides is 1. The van der Waals surface area contributed by atoms with Crippen LogP contribution in [-0.4, -0.2) is 18.9 Å². The fourth-order valence-electron chi connectivity index (χ4n) is 0.938. The van der Waals surface area contributed by atoms with Gasteiger partial charge in [0.25, 0.3) is 0 Å². The highest BCUT2D eigenvalue weighted by atomic mass is 32.2. The molecule has 0 atom stereocenters. The zero-order valence-electron chi connectivity index (χ0n) is 7.96. The van der Waals surface area contributed by atoms with Crippen LogP contribution in [0.1, 0.15) is 20.8 Å². The molecular formula is C8H14N2O2S. The van der Waals surface area contributed by atoms with Crippen molar-refractivity contribution in [2.24, 2.45) is 0 Å². The van der Waals surface area contributed by atoms with Crippen molar-refractivity contribution in [3.8, 4) is 0 Å². The number of hydrogen-bond donors (Lipinski definition) is 2. The molecule has 4 nitrogen and oxygen atoms in total. The molecule has 0 radical (unpaired) electrons. The van der Waals surface area contributed by atoms with Crippen molar-refractivity contribution in [1.82, 2.24) is 9.71 Å². The lowest BCUT2D eigenvalue weighted by molar-refractivity contribution is 0.491. The molecule has 0 spiro atoms. The maximum absolute atomic E-state index is 11.6. The predicted octanol–water partition coefficient (Wildman–Crippen LogP) is 1.09. The average molecular weight is 202 g/mol. The van der Waals surface area contributed by atoms with Crippen molar-refractivity contribution < 1.29 is 8.42 Å². The minimum absolute atomic E-state index is 0.266. The highest BCUT2D eigenvalue weighted by Crippen LogP contribution is 2.10. The van der Waals surface area contributed by atoms with Crippen LogP contribution in [0.15, 0.2) is 23.4 Å². The van der Waals surface area contributed by atoms with E-state index >= 15 is 0 Å². The van der Waals surface area contributed by atoms with Crippen molar-refractivity contribution in [3.05, 3.63) is 18.5 Å². The Morgan fingerprint density at radius 2 is 2.00 bits per heavy atom. The summed E-state index contributed by atoms with van der Waals surface area (Å²) in [5.74, 6) is 0. The lowest BCUT2D eigenvalue weighted by atomic mass is 10.1. The molecule has 0 saturated carbocycles. The van der Waals surface area contributed by atoms with Crippen LogP contribution in [0.5, 0.6) is 0 Å². The Balaban J connectivity index is 2.93. The van der Waals surface area contributed by atoms with Gasteiger partial charge in [-0.2, -0.15) is 0 Å². The summed E-state index contributed by atoms with van der Waals surface area (Å²) in [5.41, 5.74) is -0.448. The van der Waals surface area contributed by atoms with Gasteiger partial charge in [-0.05, 0) is 26.8 Å². The molecule has 74 valence electrons. The Hall–Kier alpha value is -0.810. The molecule has 0 aliphatic rings. The predicted molar refractivity (Wildman–Crippen MR) is 50.9 cm³/mol. The number of hydrogen-bond acceptors (Lipinski definition) is 2. The zero-order valence-corrected chi connectivity index (χ0v) is 8.77. The summed E-state index contributed by atoms with van der Waals surface area (Å²) in [6.07, 6.45) is 3.03. The molecule has 5 heteroatoms. The van der Waals surface area contributed by atoms with Crippen LogP contribution in [0, 0.1) is 0 Å². The van der Waals surface area contributed by atoms with Crippen LogP contribution in [0.25, 0.3) is 0 Å². The molecule has 1 rings (SSSR count). The third-order valence-electron chi connectivity index (χ3n) is 1.32. The Bertz CT molecular complexity index is 359. The second-order valence-electron chi connectivity index (χ2n) is 3.90. The molecule has 0 aliphatic heterocycles. The Morgan fingerprint density at radius 3 is 2.38 bits per heavy atom. The topological polar surface area (TPSA) is 62.0 Å². The van der Waals surface area contributed by atoms with Crippen molar-refractivity contribution in [3.63, 3.8) is 0 Å². The van der Waals surface area contributed by atoms with E-state index in [1.54, 1.807) is 27.0 Å². The van der Waals surface area contributed by atoms with Gasteiger partial charge >= 0.3 is 0 Å². The quantitative estimate of drug-likeness (QED) is 0.754. The largest absolute Gasteiger partial charge is 0.366 e. The molecular weight excluding hydrogens is 188 g/mol. The van der Waals surface area contributed by atoms with E-state index in [-0.39, 0.29) is 4.90 Å². The smallest absolute Gasteiger partial charge is 0.242 e. The van der Waals surface area contributed by atoms with Crippen LogP contribution in [0.4, 0.5) is 0 Å². The number of H-pyrrole nitrogens is 1. The maximum Gasteiger partial charge on any atom is 0.242 e. The first-order valence-electron chi connectivity index (χ1n) is 3.98. The Kier molecular flexibility index (Phi) is 2.49. The van der Waals surface area contributed by atoms with Crippen molar-refractivity contribution in [1.29, 1.82) is 0 Å². The number of aromatic nitrogens is 1. The highest BCUT2D eigenvalue weighted by Gasteiger charge is 2.21. The van der Waals surface area contributed by atoms with Crippen LogP contribution in [0.3, 0.4) is 0 Å². The first-order chi connectivity index (χ1) is 5.81. The van der Waals surface area contributed by atoms with E-state index in [1.165, 1.54) is 12.3 Å². The average Bonchev–Trinajstić information content (AvgIpc) is 2.29. The number of rotatable bonds is 2. The zero-order chi connectivity index (χ0) is 10.1. The van der Waals surface area contributed by atoms with Crippen LogP contribution >= 0.6 is 0 Å². The molecule has 2 N–H and O–H groups in total. The molecule has 13 heavy (non-hydrogen) atoms. The van der Waals surface area contributed by atoms with E-state index in [0.717, 1.165) is 0 Å². The second kappa shape index (κ2) is 3.16. The molecule has 0 fully saturated rings. The Morgan fingerprint density at radius 1 is 1.38 bits per heavy atom. The van der Waals surface area contributed by atoms with E-state index in [1.807, 2.05) is 0 Å². The molecule has 0 saturated heterocycles. The lowest BCUT2D eigenvalue weighted by Gasteiger charge is -2.19. The first-order valence-corrected chi connectivity index (χ1v) is 5.46. The van der Waals surface area contributed by atoms with Crippen LogP contribution in [0.2, 0.25) is 0 Å². The molecule has 0 aliphatic carbocycles. The summed E-state index contributed by atoms with van der Waals surface area (Å²) in [7, 11) is -3.36. The van der Waals surface area contributed by atoms with E-state index in [0.29, 0.717) is 0 Å². The maximum atomic E-state index is 11.6. The normalized spacial score (nSPS) is 13.2. The first kappa shape index (κ1) is 10.3. The minimum atomic E-state index is -3.36. The summed E-state index contributed by atoms with van der Waals surface area (Å²) in [6, 6.07) is 1.52. The van der Waals surface area contributed by atoms with Gasteiger partial charge in [0.15, 0.2) is 0 Å². The number of nitrogens with one attached hydrogen (secondary N) is 2. The van der Waals surface area contributed by atoms with Crippen molar-refractivity contribution in [2.45, 2.75) is 31.2 Å². The highest BCUT2D eigenvalue weighted by molar-refractivity contribution is 7.89. The van der Waals surface area contributed by atoms with Crippen molar-refractivity contribution in [2.75, 3.05) is 0 Å². The van der Waals surface area contributed by atoms with Gasteiger partial charge in [-0.1, -0.05) is 0 Å². The van der Waals surface area contributed by atoms with Crippen molar-refractivity contribution >= 4 is 10.0 Å². The molecule has 0 aromatic carbocycles. The molecule has 0 amide bonds. The molecule has 1 aromatic heterocycles. The van der Waals surface area contributed by atoms with Gasteiger partial charge in [0, 0.05) is 17.9 Å². The van der Waals surface area contributed by atoms with E-state index in [4.69, 9.17) is 0 Å². The summed E-state index contributed by atoms with van der Waals surface area (Å²) >= 11 is 0. The minimum Gasteiger partial charge on any atom is -0.366 e. The van der Waals surface area contributed by atoms with E-state index < -0.39 is 15.6 Å². The summed E-state index contributed by atoms with van der Waals surface area (Å²) in [5, 5.41) is 0. The summed E-state index contributed by atoms with van der Waals surface area (Å²) in [4.78, 5) is 2.97. The van der Waals surface area contributed by atoms with Gasteiger partial charge in [-0.25, -0.2) is 13.1 Å². The van der Waals surface area contributed by atoms with E-state index in [2.05, 4.69) is 9.71 Å². The summed E-state index contributed by atoms with van der Waals surface area (Å²) in [6.45, 7) is 5.41. The molecule has 0 unspecified atom stereocenters. The third-order valence-corrected chi connectivity index (χ3v) is 3.08. The monoisotopic (exact) mass is 202 g/mol. The number of aromatic amines is 1.